The fourth-order valence-electron chi connectivity index (χ4n) is 2.62. The van der Waals surface area contributed by atoms with Gasteiger partial charge in [0.2, 0.25) is 5.91 Å². The molecule has 0 aromatic rings. The maximum Gasteiger partial charge on any atom is 0.221 e. The predicted octanol–water partition coefficient (Wildman–Crippen LogP) is 2.71. The first-order valence-electron chi connectivity index (χ1n) is 7.45. The summed E-state index contributed by atoms with van der Waals surface area (Å²) in [5.41, 5.74) is 0.0589. The van der Waals surface area contributed by atoms with E-state index in [1.807, 2.05) is 7.05 Å². The zero-order chi connectivity index (χ0) is 13.6. The van der Waals surface area contributed by atoms with E-state index in [1.54, 1.807) is 0 Å². The highest BCUT2D eigenvalue weighted by molar-refractivity contribution is 5.77. The minimum absolute atomic E-state index is 0.0589. The third-order valence-electron chi connectivity index (χ3n) is 4.60. The molecule has 0 aromatic heterocycles. The molecule has 3 heteroatoms. The van der Waals surface area contributed by atoms with Gasteiger partial charge in [-0.25, -0.2) is 0 Å². The van der Waals surface area contributed by atoms with Crippen molar-refractivity contribution < 1.29 is 4.79 Å². The highest BCUT2D eigenvalue weighted by Crippen LogP contribution is 2.30. The number of carbonyl (C=O) groups excluding carboxylic acids is 1. The van der Waals surface area contributed by atoms with Crippen LogP contribution in [0.2, 0.25) is 0 Å². The van der Waals surface area contributed by atoms with Crippen LogP contribution in [0.15, 0.2) is 0 Å². The molecule has 2 N–H and O–H groups in total. The van der Waals surface area contributed by atoms with Crippen molar-refractivity contribution in [2.24, 2.45) is 11.8 Å². The maximum atomic E-state index is 12.1. The van der Waals surface area contributed by atoms with Gasteiger partial charge in [0.05, 0.1) is 0 Å². The first-order valence-corrected chi connectivity index (χ1v) is 7.45. The number of nitrogens with one attached hydrogen (secondary N) is 2. The van der Waals surface area contributed by atoms with Crippen molar-refractivity contribution in [3.05, 3.63) is 0 Å². The van der Waals surface area contributed by atoms with Gasteiger partial charge in [-0.3, -0.25) is 4.79 Å². The monoisotopic (exact) mass is 254 g/mol. The van der Waals surface area contributed by atoms with Gasteiger partial charge >= 0.3 is 0 Å². The summed E-state index contributed by atoms with van der Waals surface area (Å²) < 4.78 is 0. The third-order valence-corrected chi connectivity index (χ3v) is 4.60. The molecule has 1 fully saturated rings. The zero-order valence-electron chi connectivity index (χ0n) is 12.5. The van der Waals surface area contributed by atoms with Crippen LogP contribution >= 0.6 is 0 Å². The minimum Gasteiger partial charge on any atom is -0.356 e. The van der Waals surface area contributed by atoms with E-state index in [1.165, 1.54) is 19.3 Å². The largest absolute Gasteiger partial charge is 0.356 e. The zero-order valence-corrected chi connectivity index (χ0v) is 12.5. The van der Waals surface area contributed by atoms with E-state index in [4.69, 9.17) is 0 Å². The second-order valence-corrected chi connectivity index (χ2v) is 6.29. The predicted molar refractivity (Wildman–Crippen MR) is 76.5 cm³/mol. The van der Waals surface area contributed by atoms with Crippen molar-refractivity contribution in [1.82, 2.24) is 10.6 Å². The molecule has 1 amide bonds. The molecule has 0 bridgehead atoms. The van der Waals surface area contributed by atoms with Crippen LogP contribution in [-0.2, 0) is 4.79 Å². The summed E-state index contributed by atoms with van der Waals surface area (Å²) in [6.07, 6.45) is 6.71. The van der Waals surface area contributed by atoms with Crippen LogP contribution in [0.25, 0.3) is 0 Å². The lowest BCUT2D eigenvalue weighted by Crippen LogP contribution is -2.48. The summed E-state index contributed by atoms with van der Waals surface area (Å²) >= 11 is 0. The molecule has 1 aliphatic carbocycles. The molecule has 1 saturated carbocycles. The van der Waals surface area contributed by atoms with Crippen LogP contribution in [0.3, 0.4) is 0 Å². The fraction of sp³-hybridized carbons (Fsp3) is 0.933. The van der Waals surface area contributed by atoms with Gasteiger partial charge in [0.25, 0.3) is 0 Å². The first-order chi connectivity index (χ1) is 8.49. The molecule has 0 heterocycles. The molecule has 0 aliphatic heterocycles. The summed E-state index contributed by atoms with van der Waals surface area (Å²) in [6, 6.07) is 0. The van der Waals surface area contributed by atoms with Crippen LogP contribution in [0.1, 0.15) is 59.3 Å². The fourth-order valence-corrected chi connectivity index (χ4v) is 2.62. The van der Waals surface area contributed by atoms with Crippen molar-refractivity contribution in [1.29, 1.82) is 0 Å². The second kappa shape index (κ2) is 7.13. The van der Waals surface area contributed by atoms with Crippen molar-refractivity contribution in [2.75, 3.05) is 13.6 Å². The van der Waals surface area contributed by atoms with Crippen molar-refractivity contribution in [3.8, 4) is 0 Å². The molecule has 1 unspecified atom stereocenters. The van der Waals surface area contributed by atoms with E-state index < -0.39 is 0 Å². The third kappa shape index (κ3) is 4.60. The normalized spacial score (nSPS) is 20.7. The minimum atomic E-state index is 0.0589. The summed E-state index contributed by atoms with van der Waals surface area (Å²) in [4.78, 5) is 12.1. The Morgan fingerprint density at radius 1 is 1.17 bits per heavy atom. The van der Waals surface area contributed by atoms with Gasteiger partial charge in [-0.15, -0.1) is 0 Å². The van der Waals surface area contributed by atoms with E-state index in [9.17, 15) is 4.79 Å². The Kier molecular flexibility index (Phi) is 6.13. The summed E-state index contributed by atoms with van der Waals surface area (Å²) in [6.45, 7) is 7.40. The average Bonchev–Trinajstić information content (AvgIpc) is 2.36. The lowest BCUT2D eigenvalue weighted by Gasteiger charge is -2.36. The molecule has 18 heavy (non-hydrogen) atoms. The number of carbonyl (C=O) groups is 1. The van der Waals surface area contributed by atoms with E-state index in [2.05, 4.69) is 31.4 Å². The van der Waals surface area contributed by atoms with Crippen LogP contribution in [-0.4, -0.2) is 25.0 Å². The summed E-state index contributed by atoms with van der Waals surface area (Å²) in [5.74, 6) is 1.38. The Morgan fingerprint density at radius 2 is 1.78 bits per heavy atom. The number of hydrogen-bond donors (Lipinski definition) is 2. The standard InChI is InChI=1S/C15H30N2O/c1-12(2)13(3)11-17-14(18)10-15(16-4)8-6-5-7-9-15/h12-13,16H,5-11H2,1-4H3,(H,17,18). The smallest absolute Gasteiger partial charge is 0.221 e. The summed E-state index contributed by atoms with van der Waals surface area (Å²) in [7, 11) is 2.00. The topological polar surface area (TPSA) is 41.1 Å². The van der Waals surface area contributed by atoms with Gasteiger partial charge in [-0.1, -0.05) is 40.0 Å². The lowest BCUT2D eigenvalue weighted by molar-refractivity contribution is -0.123. The van der Waals surface area contributed by atoms with Crippen LogP contribution < -0.4 is 10.6 Å². The Labute approximate surface area is 112 Å². The van der Waals surface area contributed by atoms with Crippen molar-refractivity contribution >= 4 is 5.91 Å². The molecule has 3 nitrogen and oxygen atoms in total. The van der Waals surface area contributed by atoms with Crippen LogP contribution in [0.4, 0.5) is 0 Å². The van der Waals surface area contributed by atoms with Gasteiger partial charge < -0.3 is 10.6 Å². The van der Waals surface area contributed by atoms with Crippen LogP contribution in [0.5, 0.6) is 0 Å². The van der Waals surface area contributed by atoms with Gasteiger partial charge in [0.1, 0.15) is 0 Å². The Morgan fingerprint density at radius 3 is 2.28 bits per heavy atom. The maximum absolute atomic E-state index is 12.1. The van der Waals surface area contributed by atoms with E-state index >= 15 is 0 Å². The quantitative estimate of drug-likeness (QED) is 0.765. The van der Waals surface area contributed by atoms with E-state index in [0.717, 1.165) is 19.4 Å². The van der Waals surface area contributed by atoms with E-state index in [0.29, 0.717) is 18.3 Å². The highest BCUT2D eigenvalue weighted by atomic mass is 16.1. The lowest BCUT2D eigenvalue weighted by atomic mass is 9.79. The SMILES string of the molecule is CNC1(CC(=O)NCC(C)C(C)C)CCCCC1. The van der Waals surface area contributed by atoms with E-state index in [-0.39, 0.29) is 11.4 Å². The molecule has 1 rings (SSSR count). The second-order valence-electron chi connectivity index (χ2n) is 6.29. The molecule has 1 atom stereocenters. The van der Waals surface area contributed by atoms with Gasteiger partial charge in [0.15, 0.2) is 0 Å². The van der Waals surface area contributed by atoms with Crippen molar-refractivity contribution in [3.63, 3.8) is 0 Å². The van der Waals surface area contributed by atoms with Gasteiger partial charge in [-0.2, -0.15) is 0 Å². The molecule has 0 radical (unpaired) electrons. The molecule has 106 valence electrons. The Hall–Kier alpha value is -0.570. The first kappa shape index (κ1) is 15.5. The number of amides is 1. The molecule has 1 aliphatic rings. The average molecular weight is 254 g/mol. The molecular weight excluding hydrogens is 224 g/mol. The summed E-state index contributed by atoms with van der Waals surface area (Å²) in [5, 5.41) is 6.49. The van der Waals surface area contributed by atoms with Gasteiger partial charge in [-0.05, 0) is 31.7 Å². The van der Waals surface area contributed by atoms with Crippen molar-refractivity contribution in [2.45, 2.75) is 64.8 Å². The highest BCUT2D eigenvalue weighted by Gasteiger charge is 2.32. The Bertz CT molecular complexity index is 257. The number of hydrogen-bond acceptors (Lipinski definition) is 2. The Balaban J connectivity index is 2.38. The molecule has 0 spiro atoms. The molecular formula is C15H30N2O. The van der Waals surface area contributed by atoms with Crippen LogP contribution in [0, 0.1) is 11.8 Å². The molecule has 0 aromatic carbocycles. The van der Waals surface area contributed by atoms with Gasteiger partial charge in [0, 0.05) is 18.5 Å². The molecule has 0 saturated heterocycles. The number of rotatable bonds is 6.